The molecule has 7 nitrogen and oxygen atoms in total. The lowest BCUT2D eigenvalue weighted by Crippen LogP contribution is -2.23. The molecule has 0 aliphatic carbocycles. The van der Waals surface area contributed by atoms with Crippen LogP contribution >= 0.6 is 0 Å². The van der Waals surface area contributed by atoms with Gasteiger partial charge in [-0.05, 0) is 5.56 Å². The Hall–Kier alpha value is -1.74. The van der Waals surface area contributed by atoms with Crippen LogP contribution in [0.5, 0.6) is 0 Å². The van der Waals surface area contributed by atoms with Crippen molar-refractivity contribution in [2.45, 2.75) is 13.3 Å². The maximum Gasteiger partial charge on any atom is 0.245 e. The molecule has 0 aliphatic rings. The third-order valence-corrected chi connectivity index (χ3v) is 2.18. The number of hydrogen-bond donors (Lipinski definition) is 1. The summed E-state index contributed by atoms with van der Waals surface area (Å²) in [6.07, 6.45) is 5.97. The largest absolute Gasteiger partial charge is 0.726 e. The Kier molecular flexibility index (Phi) is 6.32. The third kappa shape index (κ3) is 8.38. The first-order valence-corrected chi connectivity index (χ1v) is 7.02. The molecule has 0 amide bonds. The lowest BCUT2D eigenvalue weighted by atomic mass is 10.2. The fourth-order valence-corrected chi connectivity index (χ4v) is 1.42. The smallest absolute Gasteiger partial charge is 0.245 e. The van der Waals surface area contributed by atoms with Crippen molar-refractivity contribution < 1.29 is 26.8 Å². The highest BCUT2D eigenvalue weighted by atomic mass is 32.3. The zero-order valence-electron chi connectivity index (χ0n) is 10.9. The number of aromatic nitrogens is 2. The second-order valence-corrected chi connectivity index (χ2v) is 4.84. The van der Waals surface area contributed by atoms with Crippen LogP contribution < -0.4 is 4.57 Å². The van der Waals surface area contributed by atoms with Crippen molar-refractivity contribution in [1.29, 1.82) is 0 Å². The van der Waals surface area contributed by atoms with E-state index in [2.05, 4.69) is 12.1 Å². The standard InChI is InChI=1S/C12H15N2O.H2O4S/c1-13-7-8-14(10-13)11-15-9-12-5-3-2-4-6-12;1-5(2,3)4/h2-8,10H,9,11H2,1H3;(H2,1,2,3,4)/q+1;/p-1. The summed E-state index contributed by atoms with van der Waals surface area (Å²) < 4.78 is 42.4. The minimum absolute atomic E-state index is 0.593. The summed E-state index contributed by atoms with van der Waals surface area (Å²) in [5.74, 6) is 0. The van der Waals surface area contributed by atoms with Crippen LogP contribution in [0.3, 0.4) is 0 Å². The lowest BCUT2D eigenvalue weighted by Gasteiger charge is -2.00. The topological polar surface area (TPSA) is 95.5 Å². The molecule has 1 heterocycles. The molecule has 0 saturated carbocycles. The molecule has 0 bridgehead atoms. The summed E-state index contributed by atoms with van der Waals surface area (Å²) in [5, 5.41) is 0. The van der Waals surface area contributed by atoms with Gasteiger partial charge in [-0.15, -0.1) is 0 Å². The molecule has 0 unspecified atom stereocenters. The van der Waals surface area contributed by atoms with E-state index < -0.39 is 10.4 Å². The van der Waals surface area contributed by atoms with Crippen molar-refractivity contribution >= 4 is 10.4 Å². The van der Waals surface area contributed by atoms with E-state index in [4.69, 9.17) is 22.3 Å². The maximum atomic E-state index is 8.63. The van der Waals surface area contributed by atoms with Gasteiger partial charge in [-0.1, -0.05) is 30.3 Å². The minimum Gasteiger partial charge on any atom is -0.726 e. The van der Waals surface area contributed by atoms with E-state index in [1.165, 1.54) is 5.56 Å². The van der Waals surface area contributed by atoms with Crippen molar-refractivity contribution in [3.63, 3.8) is 0 Å². The number of benzene rings is 1. The molecular weight excluding hydrogens is 284 g/mol. The highest BCUT2D eigenvalue weighted by Crippen LogP contribution is 2.00. The predicted octanol–water partition coefficient (Wildman–Crippen LogP) is 0.491. The number of rotatable bonds is 4. The molecule has 0 atom stereocenters. The van der Waals surface area contributed by atoms with E-state index in [9.17, 15) is 0 Å². The van der Waals surface area contributed by atoms with E-state index >= 15 is 0 Å². The Morgan fingerprint density at radius 3 is 2.45 bits per heavy atom. The lowest BCUT2D eigenvalue weighted by molar-refractivity contribution is -0.671. The van der Waals surface area contributed by atoms with Gasteiger partial charge >= 0.3 is 0 Å². The Morgan fingerprint density at radius 1 is 1.35 bits per heavy atom. The average molecular weight is 300 g/mol. The number of hydrogen-bond acceptors (Lipinski definition) is 4. The summed E-state index contributed by atoms with van der Waals surface area (Å²) in [4.78, 5) is 0. The Bertz CT molecular complexity index is 602. The summed E-state index contributed by atoms with van der Waals surface area (Å²) in [7, 11) is -2.92. The summed E-state index contributed by atoms with van der Waals surface area (Å²) in [6.45, 7) is 1.25. The van der Waals surface area contributed by atoms with Crippen molar-refractivity contribution in [2.24, 2.45) is 7.05 Å². The van der Waals surface area contributed by atoms with Crippen LogP contribution in [0.25, 0.3) is 0 Å². The van der Waals surface area contributed by atoms with Crippen LogP contribution in [0.15, 0.2) is 49.1 Å². The first-order valence-electron chi connectivity index (χ1n) is 5.65. The van der Waals surface area contributed by atoms with Gasteiger partial charge in [0.15, 0.2) is 6.73 Å². The van der Waals surface area contributed by atoms with Crippen molar-refractivity contribution in [3.8, 4) is 0 Å². The molecule has 110 valence electrons. The SMILES string of the molecule is C[n+]1ccn(COCc2ccccc2)c1.O=S(=O)([O-])O. The number of nitrogens with zero attached hydrogens (tertiary/aromatic N) is 2. The van der Waals surface area contributed by atoms with E-state index in [0.29, 0.717) is 13.3 Å². The molecule has 1 aromatic heterocycles. The highest BCUT2D eigenvalue weighted by Gasteiger charge is 1.99. The van der Waals surface area contributed by atoms with Gasteiger partial charge in [-0.2, -0.15) is 0 Å². The van der Waals surface area contributed by atoms with Gasteiger partial charge in [0.25, 0.3) is 0 Å². The first-order chi connectivity index (χ1) is 9.34. The molecule has 20 heavy (non-hydrogen) atoms. The molecular formula is C12H16N2O5S. The highest BCUT2D eigenvalue weighted by molar-refractivity contribution is 7.79. The van der Waals surface area contributed by atoms with Crippen LogP contribution in [-0.4, -0.2) is 22.1 Å². The maximum absolute atomic E-state index is 8.63. The number of aryl methyl sites for hydroxylation is 1. The average Bonchev–Trinajstić information content (AvgIpc) is 2.74. The van der Waals surface area contributed by atoms with E-state index in [-0.39, 0.29) is 0 Å². The molecule has 2 rings (SSSR count). The van der Waals surface area contributed by atoms with Crippen molar-refractivity contribution in [3.05, 3.63) is 54.6 Å². The second kappa shape index (κ2) is 7.75. The molecule has 0 radical (unpaired) electrons. The third-order valence-electron chi connectivity index (χ3n) is 2.18. The van der Waals surface area contributed by atoms with Crippen LogP contribution in [-0.2, 0) is 35.5 Å². The molecule has 8 heteroatoms. The Balaban J connectivity index is 0.000000347. The zero-order chi connectivity index (χ0) is 15.0. The van der Waals surface area contributed by atoms with Gasteiger partial charge in [0, 0.05) is 0 Å². The fourth-order valence-electron chi connectivity index (χ4n) is 1.42. The second-order valence-electron chi connectivity index (χ2n) is 3.98. The molecule has 2 aromatic rings. The van der Waals surface area contributed by atoms with Gasteiger partial charge in [0.05, 0.1) is 13.7 Å². The van der Waals surface area contributed by atoms with Gasteiger partial charge in [0.2, 0.25) is 16.7 Å². The zero-order valence-corrected chi connectivity index (χ0v) is 11.7. The van der Waals surface area contributed by atoms with Gasteiger partial charge in [-0.3, -0.25) is 4.55 Å². The van der Waals surface area contributed by atoms with Crippen molar-refractivity contribution in [1.82, 2.24) is 4.57 Å². The van der Waals surface area contributed by atoms with E-state index in [1.54, 1.807) is 0 Å². The molecule has 0 saturated heterocycles. The number of imidazole rings is 1. The fraction of sp³-hybridized carbons (Fsp3) is 0.250. The van der Waals surface area contributed by atoms with Crippen molar-refractivity contribution in [2.75, 3.05) is 0 Å². The predicted molar refractivity (Wildman–Crippen MR) is 69.2 cm³/mol. The van der Waals surface area contributed by atoms with Crippen LogP contribution in [0, 0.1) is 0 Å². The molecule has 0 aliphatic heterocycles. The Morgan fingerprint density at radius 2 is 1.95 bits per heavy atom. The number of ether oxygens (including phenoxy) is 1. The summed E-state index contributed by atoms with van der Waals surface area (Å²) in [6, 6.07) is 10.2. The van der Waals surface area contributed by atoms with Gasteiger partial charge in [0.1, 0.15) is 12.4 Å². The van der Waals surface area contributed by atoms with Gasteiger partial charge < -0.3 is 9.29 Å². The minimum atomic E-state index is -4.92. The summed E-state index contributed by atoms with van der Waals surface area (Å²) >= 11 is 0. The molecule has 0 fully saturated rings. The van der Waals surface area contributed by atoms with Gasteiger partial charge in [-0.25, -0.2) is 17.6 Å². The molecule has 1 aromatic carbocycles. The molecule has 0 spiro atoms. The van der Waals surface area contributed by atoms with Crippen LogP contribution in [0.2, 0.25) is 0 Å². The van der Waals surface area contributed by atoms with E-state index in [1.807, 2.05) is 53.1 Å². The molecule has 1 N–H and O–H groups in total. The first kappa shape index (κ1) is 16.3. The van der Waals surface area contributed by atoms with Crippen LogP contribution in [0.4, 0.5) is 0 Å². The Labute approximate surface area is 117 Å². The summed E-state index contributed by atoms with van der Waals surface area (Å²) in [5.41, 5.74) is 1.20. The van der Waals surface area contributed by atoms with E-state index in [0.717, 1.165) is 0 Å². The van der Waals surface area contributed by atoms with Crippen LogP contribution in [0.1, 0.15) is 5.56 Å². The normalized spacial score (nSPS) is 10.8. The quantitative estimate of drug-likeness (QED) is 0.504. The monoisotopic (exact) mass is 300 g/mol.